The van der Waals surface area contributed by atoms with E-state index in [1.165, 1.54) is 0 Å². The van der Waals surface area contributed by atoms with E-state index < -0.39 is 0 Å². The summed E-state index contributed by atoms with van der Waals surface area (Å²) in [4.78, 5) is 7.20. The summed E-state index contributed by atoms with van der Waals surface area (Å²) in [5.41, 5.74) is 2.15. The van der Waals surface area contributed by atoms with E-state index in [2.05, 4.69) is 26.8 Å². The van der Waals surface area contributed by atoms with Crippen LogP contribution in [0.4, 0.5) is 11.4 Å². The highest BCUT2D eigenvalue weighted by Crippen LogP contribution is 2.47. The standard InChI is InChI=1S/C22H28ClN3O2/c23-18-7-8-22-20(17-18)26(19-5-1-2-6-21(19)28-22)10-4-3-9-24-11-13-25(14-12-24)15-16-27/h1-2,5-8,17,27H,3-4,9-16H2. The molecule has 0 amide bonds. The van der Waals surface area contributed by atoms with Gasteiger partial charge in [-0.25, -0.2) is 0 Å². The minimum absolute atomic E-state index is 0.256. The first-order valence-corrected chi connectivity index (χ1v) is 10.5. The summed E-state index contributed by atoms with van der Waals surface area (Å²) in [5.74, 6) is 1.76. The highest BCUT2D eigenvalue weighted by molar-refractivity contribution is 6.31. The molecule has 1 saturated heterocycles. The predicted octanol–water partition coefficient (Wildman–Crippen LogP) is 3.97. The van der Waals surface area contributed by atoms with Crippen molar-refractivity contribution in [2.24, 2.45) is 0 Å². The van der Waals surface area contributed by atoms with Crippen molar-refractivity contribution >= 4 is 23.0 Å². The third-order valence-corrected chi connectivity index (χ3v) is 5.81. The maximum Gasteiger partial charge on any atom is 0.151 e. The van der Waals surface area contributed by atoms with Crippen molar-refractivity contribution in [2.45, 2.75) is 12.8 Å². The molecule has 0 spiro atoms. The summed E-state index contributed by atoms with van der Waals surface area (Å²) in [6, 6.07) is 14.0. The third kappa shape index (κ3) is 4.44. The summed E-state index contributed by atoms with van der Waals surface area (Å²) in [5, 5.41) is 9.79. The van der Waals surface area contributed by atoms with Gasteiger partial charge in [-0.3, -0.25) is 4.90 Å². The summed E-state index contributed by atoms with van der Waals surface area (Å²) in [7, 11) is 0. The second-order valence-corrected chi connectivity index (χ2v) is 7.88. The number of aliphatic hydroxyl groups excluding tert-OH is 1. The number of rotatable bonds is 7. The molecule has 0 radical (unpaired) electrons. The number of aliphatic hydroxyl groups is 1. The molecular formula is C22H28ClN3O2. The van der Waals surface area contributed by atoms with Gasteiger partial charge in [0.25, 0.3) is 0 Å². The van der Waals surface area contributed by atoms with E-state index in [0.717, 1.165) is 86.6 Å². The van der Waals surface area contributed by atoms with Crippen LogP contribution in [-0.4, -0.2) is 67.3 Å². The SMILES string of the molecule is OCCN1CCN(CCCCN2c3ccccc3Oc3ccc(Cl)cc32)CC1. The Morgan fingerprint density at radius 1 is 0.821 bits per heavy atom. The van der Waals surface area contributed by atoms with Crippen LogP contribution in [-0.2, 0) is 0 Å². The van der Waals surface area contributed by atoms with E-state index in [0.29, 0.717) is 0 Å². The number of ether oxygens (including phenoxy) is 1. The number of hydrogen-bond donors (Lipinski definition) is 1. The molecule has 2 aliphatic heterocycles. The molecule has 0 saturated carbocycles. The van der Waals surface area contributed by atoms with E-state index in [-0.39, 0.29) is 6.61 Å². The molecule has 2 heterocycles. The van der Waals surface area contributed by atoms with Gasteiger partial charge in [-0.05, 0) is 49.7 Å². The zero-order valence-corrected chi connectivity index (χ0v) is 16.9. The van der Waals surface area contributed by atoms with Crippen molar-refractivity contribution in [1.29, 1.82) is 0 Å². The normalized spacial score (nSPS) is 17.1. The molecule has 2 aromatic carbocycles. The fraction of sp³-hybridized carbons (Fsp3) is 0.455. The van der Waals surface area contributed by atoms with Crippen molar-refractivity contribution in [3.8, 4) is 11.5 Å². The first kappa shape index (κ1) is 19.5. The lowest BCUT2D eigenvalue weighted by atomic mass is 10.1. The van der Waals surface area contributed by atoms with E-state index in [1.807, 2.05) is 30.3 Å². The summed E-state index contributed by atoms with van der Waals surface area (Å²) in [6.45, 7) is 7.43. The second kappa shape index (κ2) is 9.14. The Labute approximate surface area is 172 Å². The predicted molar refractivity (Wildman–Crippen MR) is 114 cm³/mol. The zero-order chi connectivity index (χ0) is 19.3. The quantitative estimate of drug-likeness (QED) is 0.710. The molecule has 0 unspecified atom stereocenters. The molecule has 2 aromatic rings. The van der Waals surface area contributed by atoms with Crippen LogP contribution >= 0.6 is 11.6 Å². The van der Waals surface area contributed by atoms with Gasteiger partial charge in [0.1, 0.15) is 0 Å². The second-order valence-electron chi connectivity index (χ2n) is 7.45. The Morgan fingerprint density at radius 3 is 2.29 bits per heavy atom. The van der Waals surface area contributed by atoms with Gasteiger partial charge in [0.15, 0.2) is 11.5 Å². The molecule has 150 valence electrons. The number of β-amino-alcohol motifs (C(OH)–C–C–N with tert-alkyl or cyclic N) is 1. The minimum Gasteiger partial charge on any atom is -0.453 e. The Hall–Kier alpha value is -1.79. The fourth-order valence-corrected chi connectivity index (χ4v) is 4.19. The van der Waals surface area contributed by atoms with Crippen molar-refractivity contribution in [1.82, 2.24) is 9.80 Å². The van der Waals surface area contributed by atoms with Gasteiger partial charge in [0, 0.05) is 44.3 Å². The van der Waals surface area contributed by atoms with Crippen LogP contribution in [0.15, 0.2) is 42.5 Å². The van der Waals surface area contributed by atoms with Gasteiger partial charge in [0.2, 0.25) is 0 Å². The maximum absolute atomic E-state index is 9.06. The molecule has 4 rings (SSSR count). The van der Waals surface area contributed by atoms with Crippen molar-refractivity contribution in [3.63, 3.8) is 0 Å². The van der Waals surface area contributed by atoms with Gasteiger partial charge in [-0.2, -0.15) is 0 Å². The van der Waals surface area contributed by atoms with Crippen LogP contribution in [0.3, 0.4) is 0 Å². The highest BCUT2D eigenvalue weighted by Gasteiger charge is 2.24. The Balaban J connectivity index is 1.34. The Kier molecular flexibility index (Phi) is 6.37. The number of halogens is 1. The largest absolute Gasteiger partial charge is 0.453 e. The van der Waals surface area contributed by atoms with Gasteiger partial charge < -0.3 is 19.6 Å². The van der Waals surface area contributed by atoms with E-state index in [1.54, 1.807) is 0 Å². The molecule has 0 aliphatic carbocycles. The Bertz CT molecular complexity index is 793. The number of anilines is 2. The van der Waals surface area contributed by atoms with E-state index >= 15 is 0 Å². The van der Waals surface area contributed by atoms with Crippen LogP contribution in [0.1, 0.15) is 12.8 Å². The van der Waals surface area contributed by atoms with Crippen LogP contribution in [0.5, 0.6) is 11.5 Å². The summed E-state index contributed by atoms with van der Waals surface area (Å²) >= 11 is 6.26. The summed E-state index contributed by atoms with van der Waals surface area (Å²) < 4.78 is 6.06. The van der Waals surface area contributed by atoms with Crippen molar-refractivity contribution in [2.75, 3.05) is 57.3 Å². The molecule has 28 heavy (non-hydrogen) atoms. The van der Waals surface area contributed by atoms with Gasteiger partial charge in [-0.15, -0.1) is 0 Å². The number of hydrogen-bond acceptors (Lipinski definition) is 5. The van der Waals surface area contributed by atoms with Crippen LogP contribution in [0.2, 0.25) is 5.02 Å². The van der Waals surface area contributed by atoms with Crippen molar-refractivity contribution in [3.05, 3.63) is 47.5 Å². The van der Waals surface area contributed by atoms with Crippen LogP contribution < -0.4 is 9.64 Å². The highest BCUT2D eigenvalue weighted by atomic mass is 35.5. The number of para-hydroxylation sites is 2. The maximum atomic E-state index is 9.06. The van der Waals surface area contributed by atoms with Gasteiger partial charge in [0.05, 0.1) is 18.0 Å². The van der Waals surface area contributed by atoms with Gasteiger partial charge in [-0.1, -0.05) is 23.7 Å². The van der Waals surface area contributed by atoms with Gasteiger partial charge >= 0.3 is 0 Å². The number of piperazine rings is 1. The third-order valence-electron chi connectivity index (χ3n) is 5.57. The molecule has 0 atom stereocenters. The topological polar surface area (TPSA) is 39.2 Å². The van der Waals surface area contributed by atoms with Crippen LogP contribution in [0, 0.1) is 0 Å². The molecule has 0 bridgehead atoms. The lowest BCUT2D eigenvalue weighted by molar-refractivity contribution is 0.111. The lowest BCUT2D eigenvalue weighted by Gasteiger charge is -2.35. The smallest absolute Gasteiger partial charge is 0.151 e. The molecule has 0 aromatic heterocycles. The average Bonchev–Trinajstić information content (AvgIpc) is 2.72. The molecule has 5 nitrogen and oxygen atoms in total. The van der Waals surface area contributed by atoms with Crippen LogP contribution in [0.25, 0.3) is 0 Å². The number of nitrogens with zero attached hydrogens (tertiary/aromatic N) is 3. The summed E-state index contributed by atoms with van der Waals surface area (Å²) in [6.07, 6.45) is 2.27. The first-order valence-electron chi connectivity index (χ1n) is 10.1. The number of unbranched alkanes of at least 4 members (excludes halogenated alkanes) is 1. The fourth-order valence-electron chi connectivity index (χ4n) is 4.03. The molecule has 2 aliphatic rings. The number of fused-ring (bicyclic) bond motifs is 2. The van der Waals surface area contributed by atoms with Crippen molar-refractivity contribution < 1.29 is 9.84 Å². The Morgan fingerprint density at radius 2 is 1.50 bits per heavy atom. The average molecular weight is 402 g/mol. The lowest BCUT2D eigenvalue weighted by Crippen LogP contribution is -2.47. The minimum atomic E-state index is 0.256. The molecular weight excluding hydrogens is 374 g/mol. The van der Waals surface area contributed by atoms with E-state index in [9.17, 15) is 0 Å². The number of benzene rings is 2. The molecule has 1 N–H and O–H groups in total. The molecule has 6 heteroatoms. The van der Waals surface area contributed by atoms with E-state index in [4.69, 9.17) is 21.4 Å². The molecule has 1 fully saturated rings. The first-order chi connectivity index (χ1) is 13.7. The monoisotopic (exact) mass is 401 g/mol. The zero-order valence-electron chi connectivity index (χ0n) is 16.2.